The topological polar surface area (TPSA) is 79.5 Å². The number of rotatable bonds is 4. The van der Waals surface area contributed by atoms with Crippen LogP contribution in [0, 0.1) is 18.3 Å². The fourth-order valence-corrected chi connectivity index (χ4v) is 4.71. The molecule has 0 bridgehead atoms. The van der Waals surface area contributed by atoms with E-state index in [0.29, 0.717) is 22.6 Å². The van der Waals surface area contributed by atoms with Gasteiger partial charge in [-0.15, -0.1) is 11.8 Å². The maximum absolute atomic E-state index is 12.3. The monoisotopic (exact) mass is 398 g/mol. The zero-order valence-electron chi connectivity index (χ0n) is 14.9. The van der Waals surface area contributed by atoms with E-state index in [-0.39, 0.29) is 10.1 Å². The lowest BCUT2D eigenvalue weighted by atomic mass is 9.99. The second kappa shape index (κ2) is 7.99. The molecular formula is C20H18N2O3S2. The third kappa shape index (κ3) is 4.24. The lowest BCUT2D eigenvalue weighted by Crippen LogP contribution is -2.06. The second-order valence-corrected chi connectivity index (χ2v) is 9.12. The number of allylic oxidation sites excluding steroid dienone is 2. The number of hydrogen-bond donors (Lipinski definition) is 0. The summed E-state index contributed by atoms with van der Waals surface area (Å²) in [7, 11) is -4.00. The van der Waals surface area contributed by atoms with Gasteiger partial charge in [-0.2, -0.15) is 13.7 Å². The van der Waals surface area contributed by atoms with Gasteiger partial charge >= 0.3 is 10.1 Å². The third-order valence-electron chi connectivity index (χ3n) is 4.09. The Morgan fingerprint density at radius 1 is 1.19 bits per heavy atom. The number of nitriles is 1. The highest BCUT2D eigenvalue weighted by molar-refractivity contribution is 8.05. The van der Waals surface area contributed by atoms with Gasteiger partial charge in [-0.3, -0.25) is 4.28 Å². The highest BCUT2D eigenvalue weighted by atomic mass is 32.2. The molecule has 0 radical (unpaired) electrons. The van der Waals surface area contributed by atoms with E-state index in [1.54, 1.807) is 18.2 Å². The molecule has 5 nitrogen and oxygen atoms in total. The molecule has 2 aromatic rings. The molecule has 0 N–H and O–H groups in total. The van der Waals surface area contributed by atoms with E-state index >= 15 is 0 Å². The van der Waals surface area contributed by atoms with Crippen molar-refractivity contribution in [2.24, 2.45) is 5.16 Å². The first-order valence-corrected chi connectivity index (χ1v) is 10.6. The molecule has 0 saturated carbocycles. The van der Waals surface area contributed by atoms with Gasteiger partial charge in [-0.05, 0) is 30.2 Å². The summed E-state index contributed by atoms with van der Waals surface area (Å²) in [5.41, 5.74) is 2.75. The second-order valence-electron chi connectivity index (χ2n) is 6.14. The molecule has 1 atom stereocenters. The maximum Gasteiger partial charge on any atom is 0.358 e. The molecule has 2 aromatic carbocycles. The van der Waals surface area contributed by atoms with Crippen molar-refractivity contribution in [1.29, 1.82) is 5.26 Å². The molecule has 138 valence electrons. The van der Waals surface area contributed by atoms with Crippen molar-refractivity contribution in [3.63, 3.8) is 0 Å². The average molecular weight is 399 g/mol. The van der Waals surface area contributed by atoms with Crippen molar-refractivity contribution >= 4 is 33.2 Å². The summed E-state index contributed by atoms with van der Waals surface area (Å²) in [6.45, 7) is 3.94. The van der Waals surface area contributed by atoms with Crippen molar-refractivity contribution in [2.75, 3.05) is 0 Å². The smallest absolute Gasteiger partial charge is 0.264 e. The molecule has 1 heterocycles. The summed E-state index contributed by atoms with van der Waals surface area (Å²) >= 11 is 1.51. The number of nitrogens with zero attached hydrogens (tertiary/aromatic N) is 2. The predicted octanol–water partition coefficient (Wildman–Crippen LogP) is 4.52. The van der Waals surface area contributed by atoms with Gasteiger partial charge in [0.05, 0.1) is 16.2 Å². The largest absolute Gasteiger partial charge is 0.358 e. The number of thioether (sulfide) groups is 1. The van der Waals surface area contributed by atoms with Crippen LogP contribution in [0.2, 0.25) is 0 Å². The minimum atomic E-state index is -4.00. The fraction of sp³-hybridized carbons (Fsp3) is 0.200. The van der Waals surface area contributed by atoms with Crippen molar-refractivity contribution in [3.05, 3.63) is 70.6 Å². The van der Waals surface area contributed by atoms with Crippen LogP contribution in [0.15, 0.2) is 69.6 Å². The first kappa shape index (κ1) is 19.2. The Kier molecular flexibility index (Phi) is 5.68. The molecule has 7 heteroatoms. The third-order valence-corrected chi connectivity index (χ3v) is 6.46. The Labute approximate surface area is 163 Å². The predicted molar refractivity (Wildman–Crippen MR) is 108 cm³/mol. The highest BCUT2D eigenvalue weighted by Gasteiger charge is 2.29. The van der Waals surface area contributed by atoms with E-state index < -0.39 is 10.1 Å². The molecule has 1 aliphatic rings. The number of hydrogen-bond acceptors (Lipinski definition) is 6. The van der Waals surface area contributed by atoms with Crippen LogP contribution < -0.4 is 0 Å². The van der Waals surface area contributed by atoms with Gasteiger partial charge in [0.1, 0.15) is 11.0 Å². The Morgan fingerprint density at radius 3 is 2.52 bits per heavy atom. The zero-order valence-corrected chi connectivity index (χ0v) is 16.5. The fourth-order valence-electron chi connectivity index (χ4n) is 2.77. The normalized spacial score (nSPS) is 20.3. The van der Waals surface area contributed by atoms with Crippen LogP contribution >= 0.6 is 11.8 Å². The molecule has 0 amide bonds. The summed E-state index contributed by atoms with van der Waals surface area (Å²) in [6, 6.07) is 17.7. The van der Waals surface area contributed by atoms with Crippen LogP contribution in [0.25, 0.3) is 5.57 Å². The summed E-state index contributed by atoms with van der Waals surface area (Å²) in [5.74, 6) is 0. The molecule has 3 rings (SSSR count). The van der Waals surface area contributed by atoms with E-state index in [2.05, 4.69) is 11.2 Å². The van der Waals surface area contributed by atoms with Crippen LogP contribution in [-0.2, 0) is 14.4 Å². The lowest BCUT2D eigenvalue weighted by Gasteiger charge is -2.08. The molecule has 27 heavy (non-hydrogen) atoms. The average Bonchev–Trinajstić information content (AvgIpc) is 3.03. The van der Waals surface area contributed by atoms with Gasteiger partial charge in [0.25, 0.3) is 0 Å². The summed E-state index contributed by atoms with van der Waals surface area (Å²) < 4.78 is 29.6. The van der Waals surface area contributed by atoms with Crippen LogP contribution in [0.4, 0.5) is 0 Å². The first-order chi connectivity index (χ1) is 12.9. The molecular weight excluding hydrogens is 380 g/mol. The van der Waals surface area contributed by atoms with Crippen LogP contribution in [0.1, 0.15) is 24.5 Å². The van der Waals surface area contributed by atoms with Crippen LogP contribution in [0.5, 0.6) is 0 Å². The minimum absolute atomic E-state index is 0.0398. The Bertz CT molecular complexity index is 1050. The maximum atomic E-state index is 12.3. The zero-order chi connectivity index (χ0) is 19.4. The summed E-state index contributed by atoms with van der Waals surface area (Å²) in [5, 5.41) is 13.8. The lowest BCUT2D eigenvalue weighted by molar-refractivity contribution is 0.338. The molecule has 0 spiro atoms. The highest BCUT2D eigenvalue weighted by Crippen LogP contribution is 2.40. The van der Waals surface area contributed by atoms with Gasteiger partial charge in [0.2, 0.25) is 0 Å². The van der Waals surface area contributed by atoms with Crippen molar-refractivity contribution < 1.29 is 12.7 Å². The first-order valence-electron chi connectivity index (χ1n) is 8.35. The van der Waals surface area contributed by atoms with Gasteiger partial charge in [-0.1, -0.05) is 54.5 Å². The number of benzene rings is 2. The van der Waals surface area contributed by atoms with Gasteiger partial charge in [0, 0.05) is 11.7 Å². The van der Waals surface area contributed by atoms with E-state index in [9.17, 15) is 13.7 Å². The van der Waals surface area contributed by atoms with Crippen molar-refractivity contribution in [1.82, 2.24) is 0 Å². The quantitative estimate of drug-likeness (QED) is 0.559. The standard InChI is InChI=1S/C20H18N2O3S2/c1-14-8-6-7-11-17(14)18(13-21)20-19(12-15(2)26-20)22-25-27(23,24)16-9-4-3-5-10-16/h3-11,15H,12H2,1-2H3/b20-18-,22-19+. The van der Waals surface area contributed by atoms with E-state index in [1.807, 2.05) is 38.1 Å². The summed E-state index contributed by atoms with van der Waals surface area (Å²) in [4.78, 5) is 0.709. The number of oxime groups is 1. The van der Waals surface area contributed by atoms with E-state index in [1.165, 1.54) is 23.9 Å². The summed E-state index contributed by atoms with van der Waals surface area (Å²) in [6.07, 6.45) is 0.529. The van der Waals surface area contributed by atoms with Gasteiger partial charge < -0.3 is 0 Å². The van der Waals surface area contributed by atoms with Crippen LogP contribution in [-0.4, -0.2) is 19.4 Å². The van der Waals surface area contributed by atoms with E-state index in [4.69, 9.17) is 4.28 Å². The molecule has 1 saturated heterocycles. The molecule has 0 aliphatic carbocycles. The molecule has 1 fully saturated rings. The van der Waals surface area contributed by atoms with E-state index in [0.717, 1.165) is 11.1 Å². The van der Waals surface area contributed by atoms with Gasteiger partial charge in [0.15, 0.2) is 0 Å². The Morgan fingerprint density at radius 2 is 1.85 bits per heavy atom. The molecule has 0 aromatic heterocycles. The van der Waals surface area contributed by atoms with Crippen molar-refractivity contribution in [2.45, 2.75) is 30.4 Å². The Hall–Kier alpha value is -2.56. The van der Waals surface area contributed by atoms with Crippen molar-refractivity contribution in [3.8, 4) is 6.07 Å². The SMILES string of the molecule is Cc1ccccc1/C(C#N)=C1\SC(C)C\C1=N/OS(=O)(=O)c1ccccc1. The molecule has 1 aliphatic heterocycles. The van der Waals surface area contributed by atoms with Crippen LogP contribution in [0.3, 0.4) is 0 Å². The Balaban J connectivity index is 2.00. The number of aryl methyl sites for hydroxylation is 1. The molecule has 1 unspecified atom stereocenters. The minimum Gasteiger partial charge on any atom is -0.264 e. The van der Waals surface area contributed by atoms with Gasteiger partial charge in [-0.25, -0.2) is 0 Å².